The third-order valence-electron chi connectivity index (χ3n) is 6.42. The summed E-state index contributed by atoms with van der Waals surface area (Å²) < 4.78 is 25.6. The van der Waals surface area contributed by atoms with E-state index < -0.39 is 15.4 Å². The van der Waals surface area contributed by atoms with E-state index in [9.17, 15) is 13.2 Å². The molecule has 1 saturated carbocycles. The molecule has 0 radical (unpaired) electrons. The van der Waals surface area contributed by atoms with Gasteiger partial charge in [-0.05, 0) is 62.8 Å². The van der Waals surface area contributed by atoms with Gasteiger partial charge in [0.15, 0.2) is 15.8 Å². The third-order valence-corrected chi connectivity index (χ3v) is 8.65. The van der Waals surface area contributed by atoms with Crippen molar-refractivity contribution in [1.82, 2.24) is 4.90 Å². The monoisotopic (exact) mass is 433 g/mol. The summed E-state index contributed by atoms with van der Waals surface area (Å²) in [7, 11) is -3.14. The molecule has 6 nitrogen and oxygen atoms in total. The maximum Gasteiger partial charge on any atom is 0.257 e. The van der Waals surface area contributed by atoms with Crippen LogP contribution >= 0.6 is 0 Å². The van der Waals surface area contributed by atoms with Crippen LogP contribution in [0.4, 0.5) is 0 Å². The van der Waals surface area contributed by atoms with E-state index >= 15 is 0 Å². The van der Waals surface area contributed by atoms with Crippen molar-refractivity contribution in [3.8, 4) is 0 Å². The molecule has 3 rings (SSSR count). The minimum absolute atomic E-state index is 0.00664. The van der Waals surface area contributed by atoms with E-state index in [2.05, 4.69) is 18.8 Å². The Morgan fingerprint density at radius 2 is 1.80 bits per heavy atom. The average molecular weight is 434 g/mol. The van der Waals surface area contributed by atoms with E-state index in [0.717, 1.165) is 24.8 Å². The van der Waals surface area contributed by atoms with Gasteiger partial charge in [-0.1, -0.05) is 44.2 Å². The molecule has 1 atom stereocenters. The second-order valence-corrected chi connectivity index (χ2v) is 11.8. The molecule has 1 aliphatic heterocycles. The molecule has 2 N–H and O–H groups in total. The van der Waals surface area contributed by atoms with Crippen molar-refractivity contribution in [1.29, 1.82) is 0 Å². The van der Waals surface area contributed by atoms with Crippen LogP contribution < -0.4 is 5.73 Å². The molecule has 1 aliphatic carbocycles. The van der Waals surface area contributed by atoms with Crippen LogP contribution in [-0.4, -0.2) is 42.5 Å². The maximum absolute atomic E-state index is 12.9. The Morgan fingerprint density at radius 1 is 1.17 bits per heavy atom. The number of carbonyl (C=O) groups is 1. The lowest BCUT2D eigenvalue weighted by atomic mass is 9.86. The summed E-state index contributed by atoms with van der Waals surface area (Å²) in [5.41, 5.74) is 6.17. The van der Waals surface area contributed by atoms with Crippen LogP contribution in [0, 0.1) is 11.8 Å². The van der Waals surface area contributed by atoms with Gasteiger partial charge in [-0.3, -0.25) is 9.69 Å². The van der Waals surface area contributed by atoms with Gasteiger partial charge >= 0.3 is 0 Å². The van der Waals surface area contributed by atoms with E-state index in [1.54, 1.807) is 4.90 Å². The molecule has 1 fully saturated rings. The van der Waals surface area contributed by atoms with Crippen molar-refractivity contribution in [3.63, 3.8) is 0 Å². The number of guanidine groups is 1. The second kappa shape index (κ2) is 9.08. The predicted molar refractivity (Wildman–Crippen MR) is 121 cm³/mol. The van der Waals surface area contributed by atoms with Crippen LogP contribution in [0.2, 0.25) is 0 Å². The van der Waals surface area contributed by atoms with E-state index in [0.29, 0.717) is 43.6 Å². The van der Waals surface area contributed by atoms with Crippen molar-refractivity contribution in [2.75, 3.05) is 6.54 Å². The Morgan fingerprint density at radius 3 is 2.40 bits per heavy atom. The minimum Gasteiger partial charge on any atom is -0.369 e. The van der Waals surface area contributed by atoms with E-state index in [1.165, 1.54) is 0 Å². The summed E-state index contributed by atoms with van der Waals surface area (Å²) >= 11 is 0. The van der Waals surface area contributed by atoms with Crippen LogP contribution in [0.3, 0.4) is 0 Å². The maximum atomic E-state index is 12.9. The molecule has 166 valence electrons. The van der Waals surface area contributed by atoms with Crippen molar-refractivity contribution < 1.29 is 13.2 Å². The molecule has 1 heterocycles. The number of sulfone groups is 1. The second-order valence-electron chi connectivity index (χ2n) is 9.52. The highest BCUT2D eigenvalue weighted by molar-refractivity contribution is 7.91. The van der Waals surface area contributed by atoms with Gasteiger partial charge < -0.3 is 5.73 Å². The quantitative estimate of drug-likeness (QED) is 0.679. The fraction of sp³-hybridized carbons (Fsp3) is 0.652. The Kier molecular flexibility index (Phi) is 6.90. The lowest BCUT2D eigenvalue weighted by Crippen LogP contribution is -2.44. The van der Waals surface area contributed by atoms with Crippen LogP contribution in [0.25, 0.3) is 0 Å². The Hall–Kier alpha value is -1.89. The molecular formula is C23H35N3O3S. The van der Waals surface area contributed by atoms with Crippen molar-refractivity contribution in [2.45, 2.75) is 75.8 Å². The number of nitrogens with two attached hydrogens (primary N) is 1. The fourth-order valence-electron chi connectivity index (χ4n) is 4.92. The molecule has 1 aromatic carbocycles. The number of amides is 1. The van der Waals surface area contributed by atoms with Crippen molar-refractivity contribution in [2.24, 2.45) is 22.6 Å². The van der Waals surface area contributed by atoms with Gasteiger partial charge in [-0.25, -0.2) is 13.4 Å². The molecule has 7 heteroatoms. The Bertz CT molecular complexity index is 874. The lowest BCUT2D eigenvalue weighted by Gasteiger charge is -2.30. The van der Waals surface area contributed by atoms with Crippen LogP contribution in [0.5, 0.6) is 0 Å². The lowest BCUT2D eigenvalue weighted by molar-refractivity contribution is -0.131. The summed E-state index contributed by atoms with van der Waals surface area (Å²) in [6, 6.07) is 9.39. The van der Waals surface area contributed by atoms with E-state index in [1.807, 2.05) is 37.3 Å². The number of carbonyl (C=O) groups excluding carboxylic acids is 1. The molecule has 0 aromatic heterocycles. The first-order valence-corrected chi connectivity index (χ1v) is 12.7. The number of rotatable bonds is 8. The molecule has 30 heavy (non-hydrogen) atoms. The number of benzene rings is 1. The van der Waals surface area contributed by atoms with Crippen LogP contribution in [0.15, 0.2) is 35.3 Å². The summed E-state index contributed by atoms with van der Waals surface area (Å²) in [5.74, 6) is 1.22. The highest BCUT2D eigenvalue weighted by Crippen LogP contribution is 2.33. The Labute approximate surface area is 180 Å². The zero-order valence-electron chi connectivity index (χ0n) is 18.4. The first kappa shape index (κ1) is 22.8. The zero-order chi connectivity index (χ0) is 21.9. The average Bonchev–Trinajstić information content (AvgIpc) is 2.88. The van der Waals surface area contributed by atoms with Crippen molar-refractivity contribution in [3.05, 3.63) is 35.9 Å². The van der Waals surface area contributed by atoms with Gasteiger partial charge in [0.2, 0.25) is 0 Å². The summed E-state index contributed by atoms with van der Waals surface area (Å²) in [6.07, 6.45) is 4.67. The highest BCUT2D eigenvalue weighted by Gasteiger charge is 2.44. The normalized spacial score (nSPS) is 27.5. The van der Waals surface area contributed by atoms with Gasteiger partial charge in [-0.15, -0.1) is 0 Å². The molecule has 0 saturated heterocycles. The molecule has 1 aromatic rings. The molecule has 2 aliphatic rings. The van der Waals surface area contributed by atoms with Gasteiger partial charge in [0, 0.05) is 6.54 Å². The van der Waals surface area contributed by atoms with Gasteiger partial charge in [0.05, 0.1) is 11.0 Å². The highest BCUT2D eigenvalue weighted by atomic mass is 32.2. The van der Waals surface area contributed by atoms with E-state index in [-0.39, 0.29) is 16.9 Å². The Balaban J connectivity index is 1.50. The number of hydrogen-bond donors (Lipinski definition) is 1. The van der Waals surface area contributed by atoms with Gasteiger partial charge in [0.1, 0.15) is 5.54 Å². The molecule has 1 unspecified atom stereocenters. The van der Waals surface area contributed by atoms with Crippen LogP contribution in [0.1, 0.15) is 64.9 Å². The van der Waals surface area contributed by atoms with Gasteiger partial charge in [0.25, 0.3) is 5.91 Å². The number of hydrogen-bond acceptors (Lipinski definition) is 5. The molecule has 0 bridgehead atoms. The number of aliphatic imine (C=N–C) groups is 1. The predicted octanol–water partition coefficient (Wildman–Crippen LogP) is 3.51. The first-order chi connectivity index (χ1) is 14.1. The smallest absolute Gasteiger partial charge is 0.257 e. The first-order valence-electron chi connectivity index (χ1n) is 11.0. The summed E-state index contributed by atoms with van der Waals surface area (Å²) in [6.45, 7) is 6.59. The molecule has 1 amide bonds. The topological polar surface area (TPSA) is 92.8 Å². The molecular weight excluding hydrogens is 398 g/mol. The summed E-state index contributed by atoms with van der Waals surface area (Å²) in [5, 5.41) is -0.261. The SMILES string of the molecule is CC(C)CC1(C)N=C(N)N(CCC2CCC(S(=O)(=O)Cc3ccccc3)CC2)C1=O. The minimum atomic E-state index is -3.14. The third kappa shape index (κ3) is 5.23. The molecule has 0 spiro atoms. The fourth-order valence-corrected chi connectivity index (χ4v) is 6.80. The van der Waals surface area contributed by atoms with E-state index in [4.69, 9.17) is 5.73 Å². The van der Waals surface area contributed by atoms with Crippen LogP contribution in [-0.2, 0) is 20.4 Å². The van der Waals surface area contributed by atoms with Gasteiger partial charge in [-0.2, -0.15) is 0 Å². The zero-order valence-corrected chi connectivity index (χ0v) is 19.2. The standard InChI is InChI=1S/C23H35N3O3S/c1-17(2)15-23(3)21(27)26(22(24)25-23)14-13-18-9-11-20(12-10-18)30(28,29)16-19-7-5-4-6-8-19/h4-8,17-18,20H,9-16H2,1-3H3,(H2,24,25). The van der Waals surface area contributed by atoms with Crippen molar-refractivity contribution >= 4 is 21.7 Å². The largest absolute Gasteiger partial charge is 0.369 e. The summed E-state index contributed by atoms with van der Waals surface area (Å²) in [4.78, 5) is 18.9. The number of nitrogens with zero attached hydrogens (tertiary/aromatic N) is 2.